The first-order chi connectivity index (χ1) is 9.56. The summed E-state index contributed by atoms with van der Waals surface area (Å²) in [5, 5.41) is 0.889. The fraction of sp³-hybridized carbons (Fsp3) is 0.0714. The summed E-state index contributed by atoms with van der Waals surface area (Å²) in [6, 6.07) is 7.23. The lowest BCUT2D eigenvalue weighted by molar-refractivity contribution is 0.0957. The van der Waals surface area contributed by atoms with Crippen LogP contribution >= 0.6 is 0 Å². The zero-order valence-corrected chi connectivity index (χ0v) is 10.8. The second-order valence-electron chi connectivity index (χ2n) is 4.54. The van der Waals surface area contributed by atoms with Crippen molar-refractivity contribution in [3.63, 3.8) is 0 Å². The Morgan fingerprint density at radius 2 is 2.15 bits per heavy atom. The van der Waals surface area contributed by atoms with E-state index in [1.54, 1.807) is 16.7 Å². The van der Waals surface area contributed by atoms with Crippen LogP contribution in [0.3, 0.4) is 0 Å². The topological polar surface area (TPSA) is 93.8 Å². The van der Waals surface area contributed by atoms with Crippen molar-refractivity contribution in [3.8, 4) is 0 Å². The van der Waals surface area contributed by atoms with Gasteiger partial charge in [0.15, 0.2) is 0 Å². The zero-order valence-electron chi connectivity index (χ0n) is 10.8. The smallest absolute Gasteiger partial charge is 0.282 e. The highest BCUT2D eigenvalue weighted by atomic mass is 16.2. The van der Waals surface area contributed by atoms with Gasteiger partial charge in [-0.1, -0.05) is 0 Å². The minimum Gasteiger partial charge on any atom is -0.399 e. The van der Waals surface area contributed by atoms with Gasteiger partial charge in [-0.25, -0.2) is 4.98 Å². The number of nitrogens with two attached hydrogens (primary N) is 1. The van der Waals surface area contributed by atoms with Crippen molar-refractivity contribution in [2.75, 3.05) is 5.73 Å². The molecule has 0 bridgehead atoms. The predicted octanol–water partition coefficient (Wildman–Crippen LogP) is 1.30. The zero-order chi connectivity index (χ0) is 14.3. The van der Waals surface area contributed by atoms with E-state index < -0.39 is 0 Å². The highest BCUT2D eigenvalue weighted by Gasteiger charge is 2.15. The van der Waals surface area contributed by atoms with Crippen molar-refractivity contribution >= 4 is 22.5 Å². The Bertz CT molecular complexity index is 856. The number of H-pyrrole nitrogens is 1. The van der Waals surface area contributed by atoms with Gasteiger partial charge in [0.05, 0.1) is 11.7 Å². The Morgan fingerprint density at radius 3 is 2.85 bits per heavy atom. The number of carbonyl (C=O) groups is 1. The average Bonchev–Trinajstić information content (AvgIpc) is 2.73. The molecule has 0 radical (unpaired) electrons. The molecule has 0 atom stereocenters. The second kappa shape index (κ2) is 4.34. The number of nitrogens with zero attached hydrogens (tertiary/aromatic N) is 2. The normalized spacial score (nSPS) is 10.8. The van der Waals surface area contributed by atoms with Crippen LogP contribution in [0.5, 0.6) is 0 Å². The standard InChI is InChI=1S/C14H12N4O2/c1-8-4-9-5-10(15)2-3-12(9)18(8)14(20)11-6-17-13(19)7-16-11/h2-7H,15H2,1H3,(H,17,19). The molecule has 20 heavy (non-hydrogen) atoms. The van der Waals surface area contributed by atoms with Crippen LogP contribution < -0.4 is 11.3 Å². The van der Waals surface area contributed by atoms with Gasteiger partial charge in [-0.15, -0.1) is 0 Å². The van der Waals surface area contributed by atoms with Gasteiger partial charge in [0.2, 0.25) is 0 Å². The molecule has 2 heterocycles. The number of aromatic amines is 1. The number of fused-ring (bicyclic) bond motifs is 1. The van der Waals surface area contributed by atoms with Gasteiger partial charge in [-0.05, 0) is 31.2 Å². The number of nitrogens with one attached hydrogen (secondary N) is 1. The molecule has 1 aromatic carbocycles. The van der Waals surface area contributed by atoms with Gasteiger partial charge in [-0.2, -0.15) is 0 Å². The average molecular weight is 268 g/mol. The van der Waals surface area contributed by atoms with Crippen molar-refractivity contribution in [3.05, 3.63) is 58.4 Å². The molecule has 0 amide bonds. The van der Waals surface area contributed by atoms with Crippen molar-refractivity contribution in [1.29, 1.82) is 0 Å². The van der Waals surface area contributed by atoms with Crippen LogP contribution in [0, 0.1) is 6.92 Å². The molecule has 100 valence electrons. The maximum absolute atomic E-state index is 12.5. The number of hydrogen-bond donors (Lipinski definition) is 2. The largest absolute Gasteiger partial charge is 0.399 e. The monoisotopic (exact) mass is 268 g/mol. The Balaban J connectivity index is 2.18. The maximum atomic E-state index is 12.5. The van der Waals surface area contributed by atoms with Gasteiger partial charge in [0, 0.05) is 23.0 Å². The van der Waals surface area contributed by atoms with E-state index in [0.717, 1.165) is 22.8 Å². The molecule has 6 heteroatoms. The lowest BCUT2D eigenvalue weighted by Crippen LogP contribution is -2.17. The third kappa shape index (κ3) is 1.87. The second-order valence-corrected chi connectivity index (χ2v) is 4.54. The van der Waals surface area contributed by atoms with Crippen molar-refractivity contribution in [2.24, 2.45) is 0 Å². The molecule has 6 nitrogen and oxygen atoms in total. The van der Waals surface area contributed by atoms with E-state index in [2.05, 4.69) is 9.97 Å². The van der Waals surface area contributed by atoms with Gasteiger partial charge < -0.3 is 10.7 Å². The Labute approximate surface area is 113 Å². The number of aromatic nitrogens is 3. The summed E-state index contributed by atoms with van der Waals surface area (Å²) < 4.78 is 1.55. The first kappa shape index (κ1) is 12.2. The summed E-state index contributed by atoms with van der Waals surface area (Å²) in [5.74, 6) is -0.293. The molecule has 3 rings (SSSR count). The van der Waals surface area contributed by atoms with Crippen LogP contribution in [0.2, 0.25) is 0 Å². The van der Waals surface area contributed by atoms with Crippen LogP contribution in [-0.2, 0) is 0 Å². The van der Waals surface area contributed by atoms with Crippen molar-refractivity contribution in [1.82, 2.24) is 14.5 Å². The number of carbonyl (C=O) groups excluding carboxylic acids is 1. The predicted molar refractivity (Wildman–Crippen MR) is 75.7 cm³/mol. The minimum absolute atomic E-state index is 0.182. The molecule has 0 saturated heterocycles. The Kier molecular flexibility index (Phi) is 2.64. The van der Waals surface area contributed by atoms with Crippen LogP contribution in [0.25, 0.3) is 10.9 Å². The van der Waals surface area contributed by atoms with Crippen LogP contribution in [0.1, 0.15) is 16.2 Å². The van der Waals surface area contributed by atoms with Gasteiger partial charge in [0.1, 0.15) is 5.69 Å². The Morgan fingerprint density at radius 1 is 1.35 bits per heavy atom. The number of rotatable bonds is 1. The lowest BCUT2D eigenvalue weighted by Gasteiger charge is -2.06. The molecule has 0 aliphatic carbocycles. The third-order valence-electron chi connectivity index (χ3n) is 3.10. The molecule has 2 aromatic heterocycles. The third-order valence-corrected chi connectivity index (χ3v) is 3.10. The SMILES string of the molecule is Cc1cc2cc(N)ccc2n1C(=O)c1c[nH]c(=O)cn1. The van der Waals surface area contributed by atoms with Crippen LogP contribution in [-0.4, -0.2) is 20.4 Å². The number of nitrogen functional groups attached to an aromatic ring is 1. The molecule has 0 fully saturated rings. The highest BCUT2D eigenvalue weighted by Crippen LogP contribution is 2.22. The summed E-state index contributed by atoms with van der Waals surface area (Å²) in [6.45, 7) is 1.83. The summed E-state index contributed by atoms with van der Waals surface area (Å²) >= 11 is 0. The molecule has 0 saturated carbocycles. The highest BCUT2D eigenvalue weighted by molar-refractivity contribution is 6.02. The summed E-state index contributed by atoms with van der Waals surface area (Å²) in [4.78, 5) is 29.8. The van der Waals surface area contributed by atoms with E-state index in [1.807, 2.05) is 19.1 Å². The van der Waals surface area contributed by atoms with E-state index in [9.17, 15) is 9.59 Å². The maximum Gasteiger partial charge on any atom is 0.282 e. The number of hydrogen-bond acceptors (Lipinski definition) is 4. The first-order valence-corrected chi connectivity index (χ1v) is 6.03. The van der Waals surface area contributed by atoms with E-state index >= 15 is 0 Å². The molecule has 3 N–H and O–H groups in total. The fourth-order valence-corrected chi connectivity index (χ4v) is 2.22. The van der Waals surface area contributed by atoms with E-state index in [0.29, 0.717) is 5.69 Å². The number of anilines is 1. The summed E-state index contributed by atoms with van der Waals surface area (Å²) in [7, 11) is 0. The van der Waals surface area contributed by atoms with Crippen LogP contribution in [0.15, 0.2) is 41.5 Å². The molecule has 0 aliphatic rings. The summed E-state index contributed by atoms with van der Waals surface area (Å²) in [5.41, 5.74) is 7.76. The first-order valence-electron chi connectivity index (χ1n) is 6.03. The fourth-order valence-electron chi connectivity index (χ4n) is 2.22. The quantitative estimate of drug-likeness (QED) is 0.650. The number of aryl methyl sites for hydroxylation is 1. The van der Waals surface area contributed by atoms with Crippen LogP contribution in [0.4, 0.5) is 5.69 Å². The number of benzene rings is 1. The molecule has 0 unspecified atom stereocenters. The van der Waals surface area contributed by atoms with E-state index in [4.69, 9.17) is 5.73 Å². The van der Waals surface area contributed by atoms with Crippen molar-refractivity contribution < 1.29 is 4.79 Å². The van der Waals surface area contributed by atoms with Crippen molar-refractivity contribution in [2.45, 2.75) is 6.92 Å². The molecule has 3 aromatic rings. The van der Waals surface area contributed by atoms with E-state index in [1.165, 1.54) is 6.20 Å². The molecule has 0 spiro atoms. The van der Waals surface area contributed by atoms with Gasteiger partial charge in [0.25, 0.3) is 11.5 Å². The Hall–Kier alpha value is -2.89. The van der Waals surface area contributed by atoms with E-state index in [-0.39, 0.29) is 17.2 Å². The molecular weight excluding hydrogens is 256 g/mol. The van der Waals surface area contributed by atoms with Gasteiger partial charge >= 0.3 is 0 Å². The summed E-state index contributed by atoms with van der Waals surface area (Å²) in [6.07, 6.45) is 2.40. The molecular formula is C14H12N4O2. The van der Waals surface area contributed by atoms with Gasteiger partial charge in [-0.3, -0.25) is 14.2 Å². The molecule has 0 aliphatic heterocycles. The lowest BCUT2D eigenvalue weighted by atomic mass is 10.2. The minimum atomic E-state index is -0.344.